The number of hydrogen-bond acceptors (Lipinski definition) is 5. The van der Waals surface area contributed by atoms with Gasteiger partial charge in [0.15, 0.2) is 5.69 Å². The maximum absolute atomic E-state index is 12.6. The van der Waals surface area contributed by atoms with Gasteiger partial charge in [-0.15, -0.1) is 13.2 Å². The van der Waals surface area contributed by atoms with Crippen LogP contribution in [0.15, 0.2) is 33.9 Å². The van der Waals surface area contributed by atoms with Gasteiger partial charge in [-0.1, -0.05) is 13.3 Å². The van der Waals surface area contributed by atoms with Gasteiger partial charge in [0.25, 0.3) is 11.5 Å². The zero-order valence-electron chi connectivity index (χ0n) is 15.2. The molecule has 0 bridgehead atoms. The van der Waals surface area contributed by atoms with E-state index in [1.54, 1.807) is 0 Å². The number of carbonyl (C=O) groups is 1. The molecule has 0 spiro atoms. The first-order valence-corrected chi connectivity index (χ1v) is 8.31. The number of anilines is 2. The SMILES string of the molecule is CCCCn1c(N)c(N(C)C(=O)c2ccc(OC(F)(F)F)cc2)c(=O)[nH]c1=O. The van der Waals surface area contributed by atoms with Gasteiger partial charge < -0.3 is 15.4 Å². The number of ether oxygens (including phenoxy) is 1. The Kier molecular flexibility index (Phi) is 6.16. The average molecular weight is 400 g/mol. The van der Waals surface area contributed by atoms with Crippen LogP contribution in [0.1, 0.15) is 30.1 Å². The Morgan fingerprint density at radius 2 is 1.86 bits per heavy atom. The molecule has 0 atom stereocenters. The fourth-order valence-electron chi connectivity index (χ4n) is 2.53. The van der Waals surface area contributed by atoms with Gasteiger partial charge in [-0.25, -0.2) is 4.79 Å². The van der Waals surface area contributed by atoms with E-state index in [0.717, 1.165) is 40.2 Å². The quantitative estimate of drug-likeness (QED) is 0.772. The second-order valence-corrected chi connectivity index (χ2v) is 5.93. The molecule has 11 heteroatoms. The number of aromatic amines is 1. The van der Waals surface area contributed by atoms with E-state index in [2.05, 4.69) is 9.72 Å². The van der Waals surface area contributed by atoms with E-state index in [1.807, 2.05) is 6.92 Å². The maximum Gasteiger partial charge on any atom is 0.573 e. The Labute approximate surface area is 157 Å². The standard InChI is InChI=1S/C17H19F3N4O4/c1-3-4-9-24-13(21)12(14(25)22-16(24)27)23(2)15(26)10-5-7-11(8-6-10)28-17(18,19)20/h5-8H,3-4,9,21H2,1-2H3,(H,22,25,27). The van der Waals surface area contributed by atoms with E-state index >= 15 is 0 Å². The van der Waals surface area contributed by atoms with E-state index < -0.39 is 29.3 Å². The molecule has 1 aromatic heterocycles. The van der Waals surface area contributed by atoms with Crippen molar-refractivity contribution in [2.24, 2.45) is 0 Å². The lowest BCUT2D eigenvalue weighted by Crippen LogP contribution is -2.39. The molecule has 2 rings (SSSR count). The lowest BCUT2D eigenvalue weighted by molar-refractivity contribution is -0.274. The van der Waals surface area contributed by atoms with Crippen LogP contribution in [0.2, 0.25) is 0 Å². The molecule has 0 saturated carbocycles. The first-order chi connectivity index (χ1) is 13.0. The molecular formula is C17H19F3N4O4. The summed E-state index contributed by atoms with van der Waals surface area (Å²) in [7, 11) is 1.28. The van der Waals surface area contributed by atoms with Crippen LogP contribution in [0.3, 0.4) is 0 Å². The van der Waals surface area contributed by atoms with Crippen molar-refractivity contribution >= 4 is 17.4 Å². The van der Waals surface area contributed by atoms with Gasteiger partial charge in [0.1, 0.15) is 11.6 Å². The van der Waals surface area contributed by atoms with Crippen LogP contribution in [0.4, 0.5) is 24.7 Å². The van der Waals surface area contributed by atoms with Crippen molar-refractivity contribution < 1.29 is 22.7 Å². The molecule has 0 aliphatic carbocycles. The highest BCUT2D eigenvalue weighted by Crippen LogP contribution is 2.24. The van der Waals surface area contributed by atoms with Gasteiger partial charge in [-0.05, 0) is 30.7 Å². The number of nitrogens with zero attached hydrogens (tertiary/aromatic N) is 2. The number of unbranched alkanes of at least 4 members (excludes halogenated alkanes) is 1. The third-order valence-electron chi connectivity index (χ3n) is 3.92. The van der Waals surface area contributed by atoms with Crippen LogP contribution in [0.5, 0.6) is 5.75 Å². The van der Waals surface area contributed by atoms with Crippen molar-refractivity contribution in [3.8, 4) is 5.75 Å². The first kappa shape index (κ1) is 21.1. The topological polar surface area (TPSA) is 110 Å². The number of alkyl halides is 3. The molecule has 3 N–H and O–H groups in total. The van der Waals surface area contributed by atoms with E-state index in [0.29, 0.717) is 6.42 Å². The fraction of sp³-hybridized carbons (Fsp3) is 0.353. The number of H-pyrrole nitrogens is 1. The van der Waals surface area contributed by atoms with Gasteiger partial charge in [0, 0.05) is 19.2 Å². The summed E-state index contributed by atoms with van der Waals surface area (Å²) in [5.74, 6) is -1.36. The largest absolute Gasteiger partial charge is 0.573 e. The van der Waals surface area contributed by atoms with E-state index in [9.17, 15) is 27.6 Å². The molecule has 0 fully saturated rings. The monoisotopic (exact) mass is 400 g/mol. The summed E-state index contributed by atoms with van der Waals surface area (Å²) < 4.78 is 41.6. The molecule has 28 heavy (non-hydrogen) atoms. The predicted molar refractivity (Wildman–Crippen MR) is 96.5 cm³/mol. The molecule has 1 amide bonds. The number of hydrogen-bond donors (Lipinski definition) is 2. The summed E-state index contributed by atoms with van der Waals surface area (Å²) in [5.41, 5.74) is 4.19. The highest BCUT2D eigenvalue weighted by molar-refractivity contribution is 6.06. The molecule has 0 radical (unpaired) electrons. The normalized spacial score (nSPS) is 11.3. The van der Waals surface area contributed by atoms with Crippen molar-refractivity contribution in [1.82, 2.24) is 9.55 Å². The number of nitrogen functional groups attached to an aromatic ring is 1. The van der Waals surface area contributed by atoms with Crippen molar-refractivity contribution in [2.45, 2.75) is 32.7 Å². The summed E-state index contributed by atoms with van der Waals surface area (Å²) in [6.07, 6.45) is -3.44. The first-order valence-electron chi connectivity index (χ1n) is 8.31. The highest BCUT2D eigenvalue weighted by Gasteiger charge is 2.31. The minimum absolute atomic E-state index is 0.00197. The van der Waals surface area contributed by atoms with Gasteiger partial charge in [0.05, 0.1) is 0 Å². The molecule has 0 unspecified atom stereocenters. The number of amides is 1. The summed E-state index contributed by atoms with van der Waals surface area (Å²) >= 11 is 0. The molecule has 0 aliphatic heterocycles. The Hall–Kier alpha value is -3.24. The zero-order valence-corrected chi connectivity index (χ0v) is 15.2. The van der Waals surface area contributed by atoms with Crippen LogP contribution in [0.25, 0.3) is 0 Å². The molecule has 1 heterocycles. The number of aromatic nitrogens is 2. The van der Waals surface area contributed by atoms with Crippen LogP contribution in [-0.4, -0.2) is 28.9 Å². The Morgan fingerprint density at radius 3 is 2.39 bits per heavy atom. The van der Waals surface area contributed by atoms with E-state index in [4.69, 9.17) is 5.73 Å². The minimum atomic E-state index is -4.85. The van der Waals surface area contributed by atoms with Crippen molar-refractivity contribution in [2.75, 3.05) is 17.7 Å². The third kappa shape index (κ3) is 4.72. The van der Waals surface area contributed by atoms with Gasteiger partial charge >= 0.3 is 12.1 Å². The van der Waals surface area contributed by atoms with Gasteiger partial charge in [-0.3, -0.25) is 19.1 Å². The maximum atomic E-state index is 12.6. The average Bonchev–Trinajstić information content (AvgIpc) is 2.60. The van der Waals surface area contributed by atoms with Crippen molar-refractivity contribution in [3.05, 3.63) is 50.7 Å². The van der Waals surface area contributed by atoms with Gasteiger partial charge in [0.2, 0.25) is 0 Å². The highest BCUT2D eigenvalue weighted by atomic mass is 19.4. The van der Waals surface area contributed by atoms with Crippen LogP contribution in [0, 0.1) is 0 Å². The Balaban J connectivity index is 2.35. The lowest BCUT2D eigenvalue weighted by Gasteiger charge is -2.20. The van der Waals surface area contributed by atoms with Crippen LogP contribution in [-0.2, 0) is 6.54 Å². The summed E-state index contributed by atoms with van der Waals surface area (Å²) in [4.78, 5) is 39.8. The number of benzene rings is 1. The van der Waals surface area contributed by atoms with Gasteiger partial charge in [-0.2, -0.15) is 0 Å². The number of carbonyl (C=O) groups excluding carboxylic acids is 1. The second-order valence-electron chi connectivity index (χ2n) is 5.93. The minimum Gasteiger partial charge on any atom is -0.406 e. The van der Waals surface area contributed by atoms with E-state index in [-0.39, 0.29) is 23.6 Å². The summed E-state index contributed by atoms with van der Waals surface area (Å²) in [6.45, 7) is 2.17. The number of nitrogens with two attached hydrogens (primary N) is 1. The molecule has 0 saturated heterocycles. The second kappa shape index (κ2) is 8.19. The Bertz CT molecular complexity index is 964. The molecule has 0 aliphatic rings. The fourth-order valence-corrected chi connectivity index (χ4v) is 2.53. The van der Waals surface area contributed by atoms with Crippen LogP contribution < -0.4 is 26.6 Å². The lowest BCUT2D eigenvalue weighted by atomic mass is 10.2. The summed E-state index contributed by atoms with van der Waals surface area (Å²) in [6, 6.07) is 4.20. The van der Waals surface area contributed by atoms with Crippen molar-refractivity contribution in [1.29, 1.82) is 0 Å². The van der Waals surface area contributed by atoms with E-state index in [1.165, 1.54) is 7.05 Å². The predicted octanol–water partition coefficient (Wildman–Crippen LogP) is 2.09. The molecular weight excluding hydrogens is 381 g/mol. The number of rotatable bonds is 6. The molecule has 152 valence electrons. The molecule has 2 aromatic rings. The summed E-state index contributed by atoms with van der Waals surface area (Å²) in [5, 5.41) is 0. The Morgan fingerprint density at radius 1 is 1.25 bits per heavy atom. The smallest absolute Gasteiger partial charge is 0.406 e. The van der Waals surface area contributed by atoms with Crippen LogP contribution >= 0.6 is 0 Å². The number of nitrogens with one attached hydrogen (secondary N) is 1. The molecule has 8 nitrogen and oxygen atoms in total. The third-order valence-corrected chi connectivity index (χ3v) is 3.92. The van der Waals surface area contributed by atoms with Crippen molar-refractivity contribution in [3.63, 3.8) is 0 Å². The molecule has 1 aromatic carbocycles. The zero-order chi connectivity index (χ0) is 21.1. The number of halogens is 3.